The van der Waals surface area contributed by atoms with Crippen molar-refractivity contribution in [3.05, 3.63) is 0 Å². The van der Waals surface area contributed by atoms with Gasteiger partial charge in [0, 0.05) is 19.3 Å². The Balaban J connectivity index is 4.24. The van der Waals surface area contributed by atoms with E-state index in [1.807, 2.05) is 0 Å². The van der Waals surface area contributed by atoms with E-state index in [1.54, 1.807) is 0 Å². The van der Waals surface area contributed by atoms with E-state index in [0.717, 1.165) is 69.6 Å². The van der Waals surface area contributed by atoms with E-state index in [4.69, 9.17) is 14.2 Å². The molecule has 1 unspecified atom stereocenters. The van der Waals surface area contributed by atoms with Gasteiger partial charge in [0.25, 0.3) is 0 Å². The summed E-state index contributed by atoms with van der Waals surface area (Å²) in [6.45, 7) is 11.5. The van der Waals surface area contributed by atoms with Crippen molar-refractivity contribution in [3.63, 3.8) is 0 Å². The first-order valence-corrected chi connectivity index (χ1v) is 32.8. The van der Waals surface area contributed by atoms with Gasteiger partial charge in [0.1, 0.15) is 13.2 Å². The minimum atomic E-state index is -0.764. The number of hydrogen-bond acceptors (Lipinski definition) is 6. The first kappa shape index (κ1) is 70.4. The maximum atomic E-state index is 12.9. The Kier molecular flexibility index (Phi) is 57.4. The molecular formula is C66H128O6. The van der Waals surface area contributed by atoms with Crippen molar-refractivity contribution < 1.29 is 28.6 Å². The molecular weight excluding hydrogens is 889 g/mol. The van der Waals surface area contributed by atoms with E-state index in [2.05, 4.69) is 34.6 Å². The van der Waals surface area contributed by atoms with Crippen LogP contribution in [0.2, 0.25) is 0 Å². The Morgan fingerprint density at radius 3 is 0.792 bits per heavy atom. The fraction of sp³-hybridized carbons (Fsp3) is 0.955. The van der Waals surface area contributed by atoms with E-state index < -0.39 is 6.10 Å². The molecule has 0 aliphatic heterocycles. The van der Waals surface area contributed by atoms with Gasteiger partial charge in [0.05, 0.1) is 0 Å². The van der Waals surface area contributed by atoms with Crippen LogP contribution in [0.15, 0.2) is 0 Å². The Bertz CT molecular complexity index is 1110. The van der Waals surface area contributed by atoms with Crippen molar-refractivity contribution in [1.29, 1.82) is 0 Å². The second-order valence-corrected chi connectivity index (χ2v) is 23.5. The summed E-state index contributed by atoms with van der Waals surface area (Å²) in [5, 5.41) is 0. The van der Waals surface area contributed by atoms with Gasteiger partial charge in [-0.15, -0.1) is 0 Å². The molecule has 2 atom stereocenters. The highest BCUT2D eigenvalue weighted by Gasteiger charge is 2.19. The number of ether oxygens (including phenoxy) is 3. The van der Waals surface area contributed by atoms with Crippen LogP contribution in [-0.2, 0) is 28.6 Å². The molecule has 0 aromatic heterocycles. The highest BCUT2D eigenvalue weighted by molar-refractivity contribution is 5.71. The summed E-state index contributed by atoms with van der Waals surface area (Å²) < 4.78 is 17.0. The van der Waals surface area contributed by atoms with Crippen LogP contribution in [0.5, 0.6) is 0 Å². The molecule has 6 nitrogen and oxygen atoms in total. The molecule has 0 N–H and O–H groups in total. The molecule has 0 aromatic carbocycles. The zero-order chi connectivity index (χ0) is 52.5. The summed E-state index contributed by atoms with van der Waals surface area (Å²) >= 11 is 0. The lowest BCUT2D eigenvalue weighted by molar-refractivity contribution is -0.167. The van der Waals surface area contributed by atoms with Gasteiger partial charge in [0.15, 0.2) is 6.10 Å². The molecule has 0 heterocycles. The van der Waals surface area contributed by atoms with Crippen LogP contribution in [0.1, 0.15) is 375 Å². The van der Waals surface area contributed by atoms with Crippen LogP contribution in [0.3, 0.4) is 0 Å². The lowest BCUT2D eigenvalue weighted by Gasteiger charge is -2.18. The Morgan fingerprint density at radius 2 is 0.528 bits per heavy atom. The molecule has 0 fully saturated rings. The Morgan fingerprint density at radius 1 is 0.292 bits per heavy atom. The maximum Gasteiger partial charge on any atom is 0.306 e. The van der Waals surface area contributed by atoms with Gasteiger partial charge in [-0.3, -0.25) is 14.4 Å². The molecule has 0 aliphatic rings. The van der Waals surface area contributed by atoms with Crippen LogP contribution in [0.25, 0.3) is 0 Å². The molecule has 0 radical (unpaired) electrons. The van der Waals surface area contributed by atoms with Crippen molar-refractivity contribution in [2.75, 3.05) is 13.2 Å². The van der Waals surface area contributed by atoms with Crippen molar-refractivity contribution >= 4 is 17.9 Å². The number of hydrogen-bond donors (Lipinski definition) is 0. The van der Waals surface area contributed by atoms with Gasteiger partial charge in [-0.1, -0.05) is 336 Å². The molecule has 0 aliphatic carbocycles. The first-order chi connectivity index (χ1) is 35.3. The third-order valence-electron chi connectivity index (χ3n) is 15.6. The average Bonchev–Trinajstić information content (AvgIpc) is 3.37. The van der Waals surface area contributed by atoms with Crippen LogP contribution < -0.4 is 0 Å². The average molecular weight is 1020 g/mol. The van der Waals surface area contributed by atoms with Gasteiger partial charge < -0.3 is 14.2 Å². The summed E-state index contributed by atoms with van der Waals surface area (Å²) in [5.74, 6) is 0.896. The summed E-state index contributed by atoms with van der Waals surface area (Å²) in [7, 11) is 0. The SMILES string of the molecule is CCCCCCCCCCCCCCCCCCCCCC(=O)OC[C@@H](COC(=O)CCCCCCCCCCCCC(C)C)OC(=O)CCCCCCCCCCCCCCCCCCCCC(C)CC. The molecule has 0 spiro atoms. The second kappa shape index (κ2) is 58.7. The minimum absolute atomic E-state index is 0.0620. The normalized spacial score (nSPS) is 12.4. The predicted octanol–water partition coefficient (Wildman–Crippen LogP) is 22.0. The molecule has 6 heteroatoms. The summed E-state index contributed by atoms with van der Waals surface area (Å²) in [6, 6.07) is 0. The minimum Gasteiger partial charge on any atom is -0.462 e. The number of esters is 3. The standard InChI is InChI=1S/C66H128O6/c1-6-8-9-10-11-12-13-14-15-16-17-21-24-27-30-36-41-46-51-56-64(67)70-59-63(60-71-65(68)57-52-47-42-37-33-32-34-39-44-49-54-61(3)4)72-66(69)58-53-48-43-38-31-28-25-22-19-18-20-23-26-29-35-40-45-50-55-62(5)7-2/h61-63H,6-60H2,1-5H3/t62?,63-/m0/s1. The number of carbonyl (C=O) groups is 3. The highest BCUT2D eigenvalue weighted by atomic mass is 16.6. The Labute approximate surface area is 450 Å². The van der Waals surface area contributed by atoms with Crippen LogP contribution >= 0.6 is 0 Å². The topological polar surface area (TPSA) is 78.9 Å². The summed E-state index contributed by atoms with van der Waals surface area (Å²) in [4.78, 5) is 38.3. The third-order valence-corrected chi connectivity index (χ3v) is 15.6. The van der Waals surface area contributed by atoms with Crippen molar-refractivity contribution in [2.45, 2.75) is 381 Å². The van der Waals surface area contributed by atoms with E-state index in [0.29, 0.717) is 19.3 Å². The number of unbranched alkanes of at least 4 members (excludes halogenated alkanes) is 44. The summed E-state index contributed by atoms with van der Waals surface area (Å²) in [5.41, 5.74) is 0. The molecule has 0 bridgehead atoms. The smallest absolute Gasteiger partial charge is 0.306 e. The van der Waals surface area contributed by atoms with Crippen molar-refractivity contribution in [1.82, 2.24) is 0 Å². The van der Waals surface area contributed by atoms with Crippen LogP contribution in [0.4, 0.5) is 0 Å². The van der Waals surface area contributed by atoms with Gasteiger partial charge in [0.2, 0.25) is 0 Å². The van der Waals surface area contributed by atoms with Gasteiger partial charge in [-0.05, 0) is 31.1 Å². The fourth-order valence-electron chi connectivity index (χ4n) is 10.3. The molecule has 428 valence electrons. The van der Waals surface area contributed by atoms with E-state index >= 15 is 0 Å². The fourth-order valence-corrected chi connectivity index (χ4v) is 10.3. The predicted molar refractivity (Wildman–Crippen MR) is 312 cm³/mol. The monoisotopic (exact) mass is 1020 g/mol. The molecule has 0 saturated carbocycles. The zero-order valence-electron chi connectivity index (χ0n) is 49.6. The van der Waals surface area contributed by atoms with Crippen LogP contribution in [0, 0.1) is 11.8 Å². The van der Waals surface area contributed by atoms with Gasteiger partial charge >= 0.3 is 17.9 Å². The molecule has 72 heavy (non-hydrogen) atoms. The molecule has 0 rings (SSSR count). The van der Waals surface area contributed by atoms with Gasteiger partial charge in [-0.25, -0.2) is 0 Å². The molecule has 0 amide bonds. The largest absolute Gasteiger partial charge is 0.462 e. The van der Waals surface area contributed by atoms with Crippen molar-refractivity contribution in [3.8, 4) is 0 Å². The van der Waals surface area contributed by atoms with Gasteiger partial charge in [-0.2, -0.15) is 0 Å². The quantitative estimate of drug-likeness (QED) is 0.0343. The highest BCUT2D eigenvalue weighted by Crippen LogP contribution is 2.19. The Hall–Kier alpha value is -1.59. The molecule has 0 saturated heterocycles. The lowest BCUT2D eigenvalue weighted by Crippen LogP contribution is -2.30. The van der Waals surface area contributed by atoms with E-state index in [1.165, 1.54) is 263 Å². The second-order valence-electron chi connectivity index (χ2n) is 23.5. The van der Waals surface area contributed by atoms with Crippen molar-refractivity contribution in [2.24, 2.45) is 11.8 Å². The number of rotatable bonds is 60. The molecule has 0 aromatic rings. The first-order valence-electron chi connectivity index (χ1n) is 32.8. The van der Waals surface area contributed by atoms with E-state index in [-0.39, 0.29) is 31.1 Å². The van der Waals surface area contributed by atoms with Crippen LogP contribution in [-0.4, -0.2) is 37.2 Å². The zero-order valence-corrected chi connectivity index (χ0v) is 49.6. The number of carbonyl (C=O) groups excluding carboxylic acids is 3. The third kappa shape index (κ3) is 57.7. The maximum absolute atomic E-state index is 12.9. The van der Waals surface area contributed by atoms with E-state index in [9.17, 15) is 14.4 Å². The summed E-state index contributed by atoms with van der Waals surface area (Å²) in [6.07, 6.45) is 65.4. The lowest BCUT2D eigenvalue weighted by atomic mass is 9.99.